The molecule has 5 nitrogen and oxygen atoms in total. The molecule has 1 amide bonds. The lowest BCUT2D eigenvalue weighted by Gasteiger charge is -2.16. The molecule has 1 saturated carbocycles. The minimum absolute atomic E-state index is 0.214. The maximum atomic E-state index is 12.1. The molecule has 1 aliphatic carbocycles. The molecule has 5 heteroatoms. The van der Waals surface area contributed by atoms with Crippen molar-refractivity contribution in [3.8, 4) is 5.75 Å². The zero-order valence-electron chi connectivity index (χ0n) is 11.2. The minimum atomic E-state index is -0.285. The van der Waals surface area contributed by atoms with Crippen molar-refractivity contribution in [1.29, 1.82) is 0 Å². The standard InChI is InChI=1S/C14H20N2O3/c1-19-13-9-15-11(8-12(13)17)14(18)16-10-6-4-2-3-5-7-10/h8-10H,2-7H2,1H3,(H,15,17)(H,16,18). The van der Waals surface area contributed by atoms with Gasteiger partial charge in [-0.1, -0.05) is 25.7 Å². The number of hydrogen-bond donors (Lipinski definition) is 2. The molecule has 0 aromatic carbocycles. The number of pyridine rings is 1. The van der Waals surface area contributed by atoms with Crippen molar-refractivity contribution in [3.63, 3.8) is 0 Å². The molecule has 1 aliphatic rings. The van der Waals surface area contributed by atoms with Gasteiger partial charge in [0.1, 0.15) is 5.69 Å². The first-order valence-electron chi connectivity index (χ1n) is 6.78. The fourth-order valence-electron chi connectivity index (χ4n) is 2.44. The van der Waals surface area contributed by atoms with E-state index in [9.17, 15) is 9.59 Å². The maximum absolute atomic E-state index is 12.1. The predicted octanol–water partition coefficient (Wildman–Crippen LogP) is 1.84. The SMILES string of the molecule is COc1c[nH]c(C(=O)NC2CCCCCC2)cc1=O. The van der Waals surface area contributed by atoms with E-state index in [0.29, 0.717) is 0 Å². The first-order valence-corrected chi connectivity index (χ1v) is 6.78. The lowest BCUT2D eigenvalue weighted by Crippen LogP contribution is -2.35. The zero-order chi connectivity index (χ0) is 13.7. The van der Waals surface area contributed by atoms with Gasteiger partial charge in [0.15, 0.2) is 5.75 Å². The van der Waals surface area contributed by atoms with Crippen LogP contribution in [-0.4, -0.2) is 24.0 Å². The van der Waals surface area contributed by atoms with Gasteiger partial charge in [-0.05, 0) is 12.8 Å². The summed E-state index contributed by atoms with van der Waals surface area (Å²) in [5.74, 6) is -0.00216. The number of carbonyl (C=O) groups is 1. The van der Waals surface area contributed by atoms with E-state index in [-0.39, 0.29) is 28.8 Å². The number of methoxy groups -OCH3 is 1. The molecular weight excluding hydrogens is 244 g/mol. The van der Waals surface area contributed by atoms with Crippen LogP contribution in [0.5, 0.6) is 5.75 Å². The van der Waals surface area contributed by atoms with E-state index < -0.39 is 0 Å². The second-order valence-corrected chi connectivity index (χ2v) is 4.94. The largest absolute Gasteiger partial charge is 0.491 e. The number of ether oxygens (including phenoxy) is 1. The van der Waals surface area contributed by atoms with Crippen molar-refractivity contribution in [1.82, 2.24) is 10.3 Å². The molecular formula is C14H20N2O3. The maximum Gasteiger partial charge on any atom is 0.268 e. The van der Waals surface area contributed by atoms with Crippen LogP contribution in [0.1, 0.15) is 49.0 Å². The molecule has 2 rings (SSSR count). The van der Waals surface area contributed by atoms with Gasteiger partial charge in [-0.3, -0.25) is 9.59 Å². The summed E-state index contributed by atoms with van der Waals surface area (Å²) in [6.07, 6.45) is 8.26. The lowest BCUT2D eigenvalue weighted by molar-refractivity contribution is 0.0928. The average Bonchev–Trinajstić information content (AvgIpc) is 2.67. The van der Waals surface area contributed by atoms with Crippen LogP contribution in [0.4, 0.5) is 0 Å². The number of H-pyrrole nitrogens is 1. The highest BCUT2D eigenvalue weighted by Gasteiger charge is 2.16. The number of rotatable bonds is 3. The number of aromatic nitrogens is 1. The van der Waals surface area contributed by atoms with E-state index in [4.69, 9.17) is 4.74 Å². The summed E-state index contributed by atoms with van der Waals surface area (Å²) in [6, 6.07) is 1.51. The Morgan fingerprint density at radius 3 is 2.58 bits per heavy atom. The van der Waals surface area contributed by atoms with E-state index in [1.54, 1.807) is 0 Å². The smallest absolute Gasteiger partial charge is 0.268 e. The molecule has 1 fully saturated rings. The normalized spacial score (nSPS) is 16.7. The van der Waals surface area contributed by atoms with Crippen molar-refractivity contribution in [3.05, 3.63) is 28.2 Å². The lowest BCUT2D eigenvalue weighted by atomic mass is 10.1. The average molecular weight is 264 g/mol. The van der Waals surface area contributed by atoms with Gasteiger partial charge in [0.2, 0.25) is 5.43 Å². The van der Waals surface area contributed by atoms with Crippen LogP contribution in [0, 0.1) is 0 Å². The number of amides is 1. The van der Waals surface area contributed by atoms with Crippen molar-refractivity contribution < 1.29 is 9.53 Å². The molecule has 2 N–H and O–H groups in total. The second-order valence-electron chi connectivity index (χ2n) is 4.94. The minimum Gasteiger partial charge on any atom is -0.491 e. The molecule has 1 heterocycles. The van der Waals surface area contributed by atoms with Gasteiger partial charge in [0.25, 0.3) is 5.91 Å². The molecule has 1 aromatic rings. The van der Waals surface area contributed by atoms with Crippen LogP contribution < -0.4 is 15.5 Å². The van der Waals surface area contributed by atoms with E-state index in [0.717, 1.165) is 25.7 Å². The Bertz CT molecular complexity index is 488. The summed E-state index contributed by atoms with van der Waals surface area (Å²) in [5, 5.41) is 2.99. The highest BCUT2D eigenvalue weighted by molar-refractivity contribution is 5.92. The third-order valence-corrected chi connectivity index (χ3v) is 3.53. The van der Waals surface area contributed by atoms with Gasteiger partial charge in [-0.2, -0.15) is 0 Å². The Labute approximate surface area is 112 Å². The van der Waals surface area contributed by atoms with Crippen LogP contribution in [0.2, 0.25) is 0 Å². The number of aromatic amines is 1. The fourth-order valence-corrected chi connectivity index (χ4v) is 2.44. The third kappa shape index (κ3) is 3.59. The summed E-state index contributed by atoms with van der Waals surface area (Å²) >= 11 is 0. The zero-order valence-corrected chi connectivity index (χ0v) is 11.2. The molecule has 0 bridgehead atoms. The summed E-state index contributed by atoms with van der Waals surface area (Å²) in [4.78, 5) is 26.4. The van der Waals surface area contributed by atoms with Crippen LogP contribution in [0.15, 0.2) is 17.1 Å². The van der Waals surface area contributed by atoms with Crippen LogP contribution in [-0.2, 0) is 0 Å². The van der Waals surface area contributed by atoms with Gasteiger partial charge in [-0.25, -0.2) is 0 Å². The molecule has 104 valence electrons. The van der Waals surface area contributed by atoms with Crippen molar-refractivity contribution in [2.75, 3.05) is 7.11 Å². The highest BCUT2D eigenvalue weighted by Crippen LogP contribution is 2.17. The van der Waals surface area contributed by atoms with Gasteiger partial charge in [0.05, 0.1) is 7.11 Å². The van der Waals surface area contributed by atoms with Gasteiger partial charge in [0, 0.05) is 18.3 Å². The molecule has 0 aliphatic heterocycles. The summed E-state index contributed by atoms with van der Waals surface area (Å²) in [5.41, 5.74) is 0.00214. The number of nitrogens with one attached hydrogen (secondary N) is 2. The number of carbonyl (C=O) groups excluding carboxylic acids is 1. The Balaban J connectivity index is 2.02. The summed E-state index contributed by atoms with van der Waals surface area (Å²) < 4.78 is 4.87. The van der Waals surface area contributed by atoms with E-state index >= 15 is 0 Å². The first kappa shape index (κ1) is 13.6. The molecule has 1 aromatic heterocycles. The predicted molar refractivity (Wildman–Crippen MR) is 72.6 cm³/mol. The van der Waals surface area contributed by atoms with Gasteiger partial charge >= 0.3 is 0 Å². The molecule has 0 radical (unpaired) electrons. The molecule has 0 unspecified atom stereocenters. The van der Waals surface area contributed by atoms with Crippen LogP contribution in [0.25, 0.3) is 0 Å². The van der Waals surface area contributed by atoms with E-state index in [1.807, 2.05) is 0 Å². The Morgan fingerprint density at radius 2 is 2.00 bits per heavy atom. The summed E-state index contributed by atoms with van der Waals surface area (Å²) in [7, 11) is 1.43. The van der Waals surface area contributed by atoms with E-state index in [1.165, 1.54) is 32.2 Å². The molecule has 19 heavy (non-hydrogen) atoms. The van der Waals surface area contributed by atoms with Crippen LogP contribution >= 0.6 is 0 Å². The van der Waals surface area contributed by atoms with E-state index in [2.05, 4.69) is 10.3 Å². The van der Waals surface area contributed by atoms with Crippen molar-refractivity contribution >= 4 is 5.91 Å². The number of hydrogen-bond acceptors (Lipinski definition) is 3. The van der Waals surface area contributed by atoms with Crippen molar-refractivity contribution in [2.45, 2.75) is 44.6 Å². The molecule has 0 spiro atoms. The van der Waals surface area contributed by atoms with Crippen LogP contribution in [0.3, 0.4) is 0 Å². The monoisotopic (exact) mass is 264 g/mol. The Hall–Kier alpha value is -1.78. The Kier molecular flexibility index (Phi) is 4.60. The molecule has 0 saturated heterocycles. The first-order chi connectivity index (χ1) is 9.20. The third-order valence-electron chi connectivity index (χ3n) is 3.53. The highest BCUT2D eigenvalue weighted by atomic mass is 16.5. The quantitative estimate of drug-likeness (QED) is 0.818. The molecule has 0 atom stereocenters. The second kappa shape index (κ2) is 6.41. The van der Waals surface area contributed by atoms with Gasteiger partial charge < -0.3 is 15.0 Å². The topological polar surface area (TPSA) is 71.2 Å². The Morgan fingerprint density at radius 1 is 1.32 bits per heavy atom. The fraction of sp³-hybridized carbons (Fsp3) is 0.571. The van der Waals surface area contributed by atoms with Crippen molar-refractivity contribution in [2.24, 2.45) is 0 Å². The van der Waals surface area contributed by atoms with Gasteiger partial charge in [-0.15, -0.1) is 0 Å². The summed E-state index contributed by atoms with van der Waals surface area (Å²) in [6.45, 7) is 0.